The van der Waals surface area contributed by atoms with Gasteiger partial charge >= 0.3 is 6.03 Å². The highest BCUT2D eigenvalue weighted by atomic mass is 16.2. The first kappa shape index (κ1) is 17.4. The molecular formula is C19H34N2O. The third-order valence-corrected chi connectivity index (χ3v) is 5.18. The van der Waals surface area contributed by atoms with Gasteiger partial charge in [-0.25, -0.2) is 4.79 Å². The van der Waals surface area contributed by atoms with E-state index in [-0.39, 0.29) is 29.2 Å². The van der Waals surface area contributed by atoms with Crippen LogP contribution in [0.25, 0.3) is 0 Å². The Morgan fingerprint density at radius 3 is 1.86 bits per heavy atom. The first-order valence-electron chi connectivity index (χ1n) is 8.84. The minimum absolute atomic E-state index is 0.120. The lowest BCUT2D eigenvalue weighted by molar-refractivity contribution is 0.0936. The lowest BCUT2D eigenvalue weighted by Gasteiger charge is -2.41. The second-order valence-electron chi connectivity index (χ2n) is 8.98. The molecule has 1 aliphatic heterocycles. The molecule has 1 aliphatic carbocycles. The Morgan fingerprint density at radius 2 is 1.45 bits per heavy atom. The van der Waals surface area contributed by atoms with Gasteiger partial charge in [-0.2, -0.15) is 0 Å². The molecule has 2 amide bonds. The van der Waals surface area contributed by atoms with Crippen molar-refractivity contribution < 1.29 is 4.79 Å². The van der Waals surface area contributed by atoms with E-state index in [0.717, 1.165) is 0 Å². The number of carbonyl (C=O) groups is 1. The zero-order valence-corrected chi connectivity index (χ0v) is 15.4. The Balaban J connectivity index is 2.44. The van der Waals surface area contributed by atoms with Gasteiger partial charge in [0.1, 0.15) is 0 Å². The summed E-state index contributed by atoms with van der Waals surface area (Å²) in [7, 11) is 0. The smallest absolute Gasteiger partial charge is 0.314 e. The molecule has 0 aromatic rings. The fourth-order valence-electron chi connectivity index (χ4n) is 4.36. The molecule has 0 unspecified atom stereocenters. The van der Waals surface area contributed by atoms with Crippen LogP contribution in [0.3, 0.4) is 0 Å². The average Bonchev–Trinajstić information content (AvgIpc) is 2.72. The minimum atomic E-state index is -0.178. The second kappa shape index (κ2) is 5.90. The van der Waals surface area contributed by atoms with Gasteiger partial charge in [0, 0.05) is 11.1 Å². The van der Waals surface area contributed by atoms with E-state index < -0.39 is 0 Å². The summed E-state index contributed by atoms with van der Waals surface area (Å²) in [5.74, 6) is 0.604. The molecule has 3 heteroatoms. The highest BCUT2D eigenvalue weighted by Crippen LogP contribution is 2.42. The second-order valence-corrected chi connectivity index (χ2v) is 8.98. The lowest BCUT2D eigenvalue weighted by atomic mass is 9.79. The van der Waals surface area contributed by atoms with Crippen LogP contribution in [0.1, 0.15) is 73.6 Å². The molecule has 3 nitrogen and oxygen atoms in total. The van der Waals surface area contributed by atoms with Gasteiger partial charge in [0.05, 0.1) is 12.1 Å². The number of rotatable bonds is 2. The highest BCUT2D eigenvalue weighted by molar-refractivity contribution is 5.80. The van der Waals surface area contributed by atoms with Crippen molar-refractivity contribution in [1.82, 2.24) is 9.80 Å². The normalized spacial score (nSPS) is 28.4. The Hall–Kier alpha value is -0.990. The molecule has 0 spiro atoms. The number of nitrogens with zero attached hydrogens (tertiary/aromatic N) is 2. The SMILES string of the molecule is C=C[C@@H]1[C@@H](C2CCCCC2)N(C(C)(C)C)C(=O)N1C(C)(C)C. The molecule has 0 N–H and O–H groups in total. The summed E-state index contributed by atoms with van der Waals surface area (Å²) in [6.07, 6.45) is 8.43. The number of urea groups is 1. The fraction of sp³-hybridized carbons (Fsp3) is 0.842. The summed E-state index contributed by atoms with van der Waals surface area (Å²) >= 11 is 0. The summed E-state index contributed by atoms with van der Waals surface area (Å²) in [6, 6.07) is 0.569. The van der Waals surface area contributed by atoms with Gasteiger partial charge in [-0.05, 0) is 60.3 Å². The van der Waals surface area contributed by atoms with Crippen molar-refractivity contribution in [2.45, 2.75) is 96.8 Å². The van der Waals surface area contributed by atoms with Crippen LogP contribution >= 0.6 is 0 Å². The molecule has 2 rings (SSSR count). The van der Waals surface area contributed by atoms with Gasteiger partial charge in [0.2, 0.25) is 0 Å². The van der Waals surface area contributed by atoms with Crippen LogP contribution < -0.4 is 0 Å². The van der Waals surface area contributed by atoms with E-state index in [2.05, 4.69) is 57.9 Å². The molecule has 2 aliphatic rings. The molecule has 1 saturated heterocycles. The van der Waals surface area contributed by atoms with Crippen LogP contribution in [-0.4, -0.2) is 39.0 Å². The zero-order valence-electron chi connectivity index (χ0n) is 15.4. The molecule has 2 fully saturated rings. The van der Waals surface area contributed by atoms with Gasteiger partial charge in [-0.15, -0.1) is 6.58 Å². The maximum atomic E-state index is 13.2. The minimum Gasteiger partial charge on any atom is -0.314 e. The molecule has 0 radical (unpaired) electrons. The van der Waals surface area contributed by atoms with E-state index in [9.17, 15) is 4.79 Å². The topological polar surface area (TPSA) is 23.6 Å². The zero-order chi connectivity index (χ0) is 16.7. The molecule has 1 heterocycles. The fourth-order valence-corrected chi connectivity index (χ4v) is 4.36. The third-order valence-electron chi connectivity index (χ3n) is 5.18. The van der Waals surface area contributed by atoms with E-state index >= 15 is 0 Å². The van der Waals surface area contributed by atoms with Crippen molar-refractivity contribution in [3.8, 4) is 0 Å². The molecule has 2 atom stereocenters. The van der Waals surface area contributed by atoms with Gasteiger partial charge in [0.25, 0.3) is 0 Å². The predicted octanol–water partition coefficient (Wildman–Crippen LogP) is 4.82. The van der Waals surface area contributed by atoms with Gasteiger partial charge in [-0.3, -0.25) is 0 Å². The Labute approximate surface area is 136 Å². The van der Waals surface area contributed by atoms with Gasteiger partial charge in [-0.1, -0.05) is 25.3 Å². The number of hydrogen-bond donors (Lipinski definition) is 0. The third kappa shape index (κ3) is 3.04. The van der Waals surface area contributed by atoms with Crippen LogP contribution in [0.4, 0.5) is 4.79 Å². The first-order valence-corrected chi connectivity index (χ1v) is 8.84. The summed E-state index contributed by atoms with van der Waals surface area (Å²) in [6.45, 7) is 17.0. The average molecular weight is 306 g/mol. The Bertz CT molecular complexity index is 424. The lowest BCUT2D eigenvalue weighted by Crippen LogP contribution is -2.52. The van der Waals surface area contributed by atoms with Crippen LogP contribution in [0.5, 0.6) is 0 Å². The Kier molecular flexibility index (Phi) is 4.66. The standard InChI is InChI=1S/C19H34N2O/c1-8-15-16(14-12-10-9-11-13-14)21(19(5,6)7)17(22)20(15)18(2,3)4/h8,14-16H,1,9-13H2,2-7H3/t15-,16-/m1/s1. The van der Waals surface area contributed by atoms with Crippen LogP contribution in [0.2, 0.25) is 0 Å². The molecule has 0 aromatic carbocycles. The molecular weight excluding hydrogens is 272 g/mol. The van der Waals surface area contributed by atoms with Crippen molar-refractivity contribution in [3.05, 3.63) is 12.7 Å². The maximum absolute atomic E-state index is 13.2. The van der Waals surface area contributed by atoms with E-state index in [1.165, 1.54) is 32.1 Å². The largest absolute Gasteiger partial charge is 0.321 e. The number of hydrogen-bond acceptors (Lipinski definition) is 1. The van der Waals surface area contributed by atoms with E-state index in [1.54, 1.807) is 0 Å². The summed E-state index contributed by atoms with van der Waals surface area (Å²) < 4.78 is 0. The quantitative estimate of drug-likeness (QED) is 0.671. The summed E-state index contributed by atoms with van der Waals surface area (Å²) in [4.78, 5) is 17.4. The van der Waals surface area contributed by atoms with E-state index in [1.807, 2.05) is 6.08 Å². The molecule has 1 saturated carbocycles. The number of amides is 2. The number of carbonyl (C=O) groups excluding carboxylic acids is 1. The molecule has 0 aromatic heterocycles. The van der Waals surface area contributed by atoms with Gasteiger partial charge < -0.3 is 9.80 Å². The molecule has 22 heavy (non-hydrogen) atoms. The molecule has 126 valence electrons. The maximum Gasteiger partial charge on any atom is 0.321 e. The van der Waals surface area contributed by atoms with Crippen LogP contribution in [0, 0.1) is 5.92 Å². The van der Waals surface area contributed by atoms with Crippen molar-refractivity contribution in [3.63, 3.8) is 0 Å². The highest BCUT2D eigenvalue weighted by Gasteiger charge is 2.54. The van der Waals surface area contributed by atoms with Crippen molar-refractivity contribution in [2.24, 2.45) is 5.92 Å². The van der Waals surface area contributed by atoms with E-state index in [0.29, 0.717) is 5.92 Å². The van der Waals surface area contributed by atoms with Crippen molar-refractivity contribution >= 4 is 6.03 Å². The van der Waals surface area contributed by atoms with Crippen molar-refractivity contribution in [2.75, 3.05) is 0 Å². The Morgan fingerprint density at radius 1 is 0.955 bits per heavy atom. The molecule has 0 bridgehead atoms. The van der Waals surface area contributed by atoms with E-state index in [4.69, 9.17) is 0 Å². The predicted molar refractivity (Wildman–Crippen MR) is 92.9 cm³/mol. The summed E-state index contributed by atoms with van der Waals surface area (Å²) in [5, 5.41) is 0. The van der Waals surface area contributed by atoms with Crippen molar-refractivity contribution in [1.29, 1.82) is 0 Å². The first-order chi connectivity index (χ1) is 10.1. The summed E-state index contributed by atoms with van der Waals surface area (Å²) in [5.41, 5.74) is -0.330. The monoisotopic (exact) mass is 306 g/mol. The van der Waals surface area contributed by atoms with Crippen LogP contribution in [-0.2, 0) is 0 Å². The van der Waals surface area contributed by atoms with Gasteiger partial charge in [0.15, 0.2) is 0 Å². The van der Waals surface area contributed by atoms with Crippen LogP contribution in [0.15, 0.2) is 12.7 Å².